The van der Waals surface area contributed by atoms with Crippen LogP contribution in [0.3, 0.4) is 0 Å². The largest absolute Gasteiger partial charge is 0.398 e. The summed E-state index contributed by atoms with van der Waals surface area (Å²) in [5.74, 6) is 0. The fourth-order valence-corrected chi connectivity index (χ4v) is 1.25. The fourth-order valence-electron chi connectivity index (χ4n) is 1.25. The number of hydrogen-bond acceptors (Lipinski definition) is 1. The van der Waals surface area contributed by atoms with Crippen LogP contribution in [0.5, 0.6) is 0 Å². The molecular weight excluding hydrogens is 146 g/mol. The van der Waals surface area contributed by atoms with Crippen LogP contribution in [0.4, 0.5) is 5.69 Å². The third kappa shape index (κ3) is 1.50. The Morgan fingerprint density at radius 1 is 1.25 bits per heavy atom. The molecule has 0 atom stereocenters. The van der Waals surface area contributed by atoms with Gasteiger partial charge >= 0.3 is 0 Å². The van der Waals surface area contributed by atoms with E-state index < -0.39 is 0 Å². The molecule has 0 aromatic heterocycles. The molecule has 12 heavy (non-hydrogen) atoms. The zero-order valence-corrected chi connectivity index (χ0v) is 7.89. The van der Waals surface area contributed by atoms with Gasteiger partial charge in [-0.1, -0.05) is 18.2 Å². The number of allylic oxidation sites excluding steroid dienone is 1. The van der Waals surface area contributed by atoms with Crippen LogP contribution >= 0.6 is 0 Å². The summed E-state index contributed by atoms with van der Waals surface area (Å²) in [5, 5.41) is 0. The highest BCUT2D eigenvalue weighted by atomic mass is 14.6. The smallest absolute Gasteiger partial charge is 0.0390 e. The maximum absolute atomic E-state index is 5.83. The highest BCUT2D eigenvalue weighted by molar-refractivity contribution is 5.68. The number of benzene rings is 1. The number of nitrogens with two attached hydrogens (primary N) is 1. The molecule has 1 rings (SSSR count). The average molecular weight is 161 g/mol. The maximum Gasteiger partial charge on any atom is 0.0390 e. The van der Waals surface area contributed by atoms with Crippen molar-refractivity contribution in [1.29, 1.82) is 0 Å². The van der Waals surface area contributed by atoms with Crippen molar-refractivity contribution in [2.24, 2.45) is 0 Å². The van der Waals surface area contributed by atoms with E-state index in [1.807, 2.05) is 19.1 Å². The first-order valence-corrected chi connectivity index (χ1v) is 4.15. The van der Waals surface area contributed by atoms with Gasteiger partial charge < -0.3 is 5.73 Å². The van der Waals surface area contributed by atoms with Crippen LogP contribution in [0.15, 0.2) is 18.2 Å². The van der Waals surface area contributed by atoms with Gasteiger partial charge in [0.2, 0.25) is 0 Å². The quantitative estimate of drug-likeness (QED) is 0.630. The Morgan fingerprint density at radius 3 is 2.50 bits per heavy atom. The van der Waals surface area contributed by atoms with Crippen LogP contribution < -0.4 is 5.73 Å². The predicted molar refractivity (Wildman–Crippen MR) is 55.0 cm³/mol. The van der Waals surface area contributed by atoms with Crippen LogP contribution in [0.1, 0.15) is 23.6 Å². The van der Waals surface area contributed by atoms with Crippen LogP contribution in [0.2, 0.25) is 0 Å². The molecule has 1 heteroatoms. The topological polar surface area (TPSA) is 26.0 Å². The lowest BCUT2D eigenvalue weighted by Crippen LogP contribution is -1.94. The first-order chi connectivity index (χ1) is 5.66. The van der Waals surface area contributed by atoms with Crippen molar-refractivity contribution in [3.63, 3.8) is 0 Å². The summed E-state index contributed by atoms with van der Waals surface area (Å²) < 4.78 is 0. The molecule has 0 saturated heterocycles. The van der Waals surface area contributed by atoms with Gasteiger partial charge in [0.1, 0.15) is 0 Å². The Balaban J connectivity index is 3.32. The molecule has 2 N–H and O–H groups in total. The third-order valence-corrected chi connectivity index (χ3v) is 2.15. The lowest BCUT2D eigenvalue weighted by molar-refractivity contribution is 1.33. The lowest BCUT2D eigenvalue weighted by Gasteiger charge is -2.07. The summed E-state index contributed by atoms with van der Waals surface area (Å²) in [7, 11) is 0. The second kappa shape index (κ2) is 3.44. The molecule has 0 heterocycles. The number of rotatable bonds is 1. The van der Waals surface area contributed by atoms with Gasteiger partial charge in [0, 0.05) is 11.3 Å². The molecule has 64 valence electrons. The Labute approximate surface area is 73.9 Å². The standard InChI is InChI=1S/C11H15N/c1-4-5-10-9(3)8(2)6-7-11(10)12/h4-7H,12H2,1-3H3. The Kier molecular flexibility index (Phi) is 2.54. The summed E-state index contributed by atoms with van der Waals surface area (Å²) in [5.41, 5.74) is 10.4. The van der Waals surface area contributed by atoms with Gasteiger partial charge in [-0.15, -0.1) is 0 Å². The first-order valence-electron chi connectivity index (χ1n) is 4.15. The monoisotopic (exact) mass is 161 g/mol. The van der Waals surface area contributed by atoms with E-state index in [1.54, 1.807) is 0 Å². The number of nitrogen functional groups attached to an aromatic ring is 1. The SMILES string of the molecule is CC=Cc1c(N)ccc(C)c1C. The van der Waals surface area contributed by atoms with Gasteiger partial charge in [-0.05, 0) is 38.0 Å². The summed E-state index contributed by atoms with van der Waals surface area (Å²) in [6.07, 6.45) is 4.07. The summed E-state index contributed by atoms with van der Waals surface area (Å²) in [6, 6.07) is 4.01. The fraction of sp³-hybridized carbons (Fsp3) is 0.273. The van der Waals surface area contributed by atoms with E-state index in [9.17, 15) is 0 Å². The minimum Gasteiger partial charge on any atom is -0.398 e. The van der Waals surface area contributed by atoms with Crippen molar-refractivity contribution >= 4 is 11.8 Å². The lowest BCUT2D eigenvalue weighted by atomic mass is 10.0. The zero-order valence-electron chi connectivity index (χ0n) is 7.89. The second-order valence-electron chi connectivity index (χ2n) is 3.01. The molecule has 0 spiro atoms. The Bertz CT molecular complexity index is 311. The molecule has 0 aliphatic carbocycles. The second-order valence-corrected chi connectivity index (χ2v) is 3.01. The molecule has 0 saturated carbocycles. The summed E-state index contributed by atoms with van der Waals surface area (Å²) in [4.78, 5) is 0. The predicted octanol–water partition coefficient (Wildman–Crippen LogP) is 2.92. The van der Waals surface area contributed by atoms with Crippen molar-refractivity contribution in [3.8, 4) is 0 Å². The van der Waals surface area contributed by atoms with Crippen molar-refractivity contribution in [2.75, 3.05) is 5.73 Å². The van der Waals surface area contributed by atoms with E-state index in [-0.39, 0.29) is 0 Å². The average Bonchev–Trinajstić information content (AvgIpc) is 2.06. The van der Waals surface area contributed by atoms with Gasteiger partial charge in [-0.2, -0.15) is 0 Å². The molecule has 0 amide bonds. The molecule has 1 aromatic rings. The highest BCUT2D eigenvalue weighted by Gasteiger charge is 2.00. The first kappa shape index (κ1) is 8.85. The van der Waals surface area contributed by atoms with Crippen LogP contribution in [-0.2, 0) is 0 Å². The van der Waals surface area contributed by atoms with Crippen molar-refractivity contribution in [1.82, 2.24) is 0 Å². The third-order valence-electron chi connectivity index (χ3n) is 2.15. The zero-order chi connectivity index (χ0) is 9.14. The van der Waals surface area contributed by atoms with Gasteiger partial charge in [-0.25, -0.2) is 0 Å². The summed E-state index contributed by atoms with van der Waals surface area (Å²) >= 11 is 0. The highest BCUT2D eigenvalue weighted by Crippen LogP contribution is 2.21. The van der Waals surface area contributed by atoms with Gasteiger partial charge in [0.15, 0.2) is 0 Å². The van der Waals surface area contributed by atoms with Crippen LogP contribution in [-0.4, -0.2) is 0 Å². The van der Waals surface area contributed by atoms with Crippen molar-refractivity contribution < 1.29 is 0 Å². The number of aryl methyl sites for hydroxylation is 1. The molecule has 0 unspecified atom stereocenters. The minimum atomic E-state index is 0.858. The van der Waals surface area contributed by atoms with E-state index >= 15 is 0 Å². The normalized spacial score (nSPS) is 10.9. The van der Waals surface area contributed by atoms with E-state index in [4.69, 9.17) is 5.73 Å². The maximum atomic E-state index is 5.83. The van der Waals surface area contributed by atoms with E-state index in [1.165, 1.54) is 11.1 Å². The molecule has 0 aliphatic heterocycles. The van der Waals surface area contributed by atoms with E-state index in [0.29, 0.717) is 0 Å². The van der Waals surface area contributed by atoms with Gasteiger partial charge in [0.25, 0.3) is 0 Å². The molecule has 1 aromatic carbocycles. The van der Waals surface area contributed by atoms with E-state index in [0.717, 1.165) is 11.3 Å². The molecular formula is C11H15N. The molecule has 0 aliphatic rings. The Hall–Kier alpha value is -1.24. The van der Waals surface area contributed by atoms with E-state index in [2.05, 4.69) is 26.0 Å². The molecule has 1 nitrogen and oxygen atoms in total. The number of hydrogen-bond donors (Lipinski definition) is 1. The van der Waals surface area contributed by atoms with Gasteiger partial charge in [-0.3, -0.25) is 0 Å². The van der Waals surface area contributed by atoms with Crippen molar-refractivity contribution in [3.05, 3.63) is 34.9 Å². The number of anilines is 1. The van der Waals surface area contributed by atoms with Crippen molar-refractivity contribution in [2.45, 2.75) is 20.8 Å². The van der Waals surface area contributed by atoms with Crippen LogP contribution in [0.25, 0.3) is 6.08 Å². The Morgan fingerprint density at radius 2 is 1.92 bits per heavy atom. The molecule has 0 radical (unpaired) electrons. The summed E-state index contributed by atoms with van der Waals surface area (Å²) in [6.45, 7) is 6.20. The minimum absolute atomic E-state index is 0.858. The molecule has 0 bridgehead atoms. The van der Waals surface area contributed by atoms with Crippen LogP contribution in [0, 0.1) is 13.8 Å². The van der Waals surface area contributed by atoms with Gasteiger partial charge in [0.05, 0.1) is 0 Å². The molecule has 0 fully saturated rings.